The molecule has 0 saturated carbocycles. The van der Waals surface area contributed by atoms with Crippen molar-refractivity contribution in [2.75, 3.05) is 16.3 Å². The first-order valence-electron chi connectivity index (χ1n) is 10.1. The number of rotatable bonds is 8. The first kappa shape index (κ1) is 24.2. The molecule has 2 aromatic carbocycles. The van der Waals surface area contributed by atoms with Gasteiger partial charge in [0, 0.05) is 23.1 Å². The Bertz CT molecular complexity index is 1480. The van der Waals surface area contributed by atoms with E-state index in [1.165, 1.54) is 47.4 Å². The molecule has 12 heteroatoms. The minimum Gasteiger partial charge on any atom is -0.485 e. The zero-order valence-electron chi connectivity index (χ0n) is 18.3. The zero-order chi connectivity index (χ0) is 25.0. The summed E-state index contributed by atoms with van der Waals surface area (Å²) in [7, 11) is -3.52. The minimum atomic E-state index is -3.52. The molecule has 35 heavy (non-hydrogen) atoms. The van der Waals surface area contributed by atoms with Crippen LogP contribution in [-0.2, 0) is 16.6 Å². The van der Waals surface area contributed by atoms with Gasteiger partial charge < -0.3 is 10.1 Å². The second kappa shape index (κ2) is 10.1. The molecule has 180 valence electrons. The highest BCUT2D eigenvalue weighted by Crippen LogP contribution is 2.25. The normalized spacial score (nSPS) is 11.2. The number of nitrogens with one attached hydrogen (secondary N) is 2. The van der Waals surface area contributed by atoms with Gasteiger partial charge in [0.15, 0.2) is 11.6 Å². The zero-order valence-corrected chi connectivity index (χ0v) is 19.8. The molecule has 0 aliphatic carbocycles. The van der Waals surface area contributed by atoms with Crippen molar-refractivity contribution in [1.82, 2.24) is 14.8 Å². The van der Waals surface area contributed by atoms with E-state index in [0.29, 0.717) is 17.3 Å². The Morgan fingerprint density at radius 1 is 1.14 bits per heavy atom. The Hall–Kier alpha value is -3.96. The number of carbonyl (C=O) groups is 1. The van der Waals surface area contributed by atoms with E-state index in [1.807, 2.05) is 0 Å². The molecule has 0 aliphatic rings. The lowest BCUT2D eigenvalue weighted by molar-refractivity contribution is 0.102. The molecule has 0 bridgehead atoms. The summed E-state index contributed by atoms with van der Waals surface area (Å²) in [4.78, 5) is 17.1. The van der Waals surface area contributed by atoms with Gasteiger partial charge in [-0.2, -0.15) is 5.10 Å². The summed E-state index contributed by atoms with van der Waals surface area (Å²) in [6.45, 7) is 0.187. The summed E-state index contributed by atoms with van der Waals surface area (Å²) in [5.74, 6) is -0.0540. The van der Waals surface area contributed by atoms with Gasteiger partial charge in [-0.05, 0) is 48.0 Å². The van der Waals surface area contributed by atoms with Crippen LogP contribution in [0.2, 0.25) is 5.02 Å². The summed E-state index contributed by atoms with van der Waals surface area (Å²) < 4.78 is 45.6. The maximum Gasteiger partial charge on any atom is 0.258 e. The van der Waals surface area contributed by atoms with E-state index in [-0.39, 0.29) is 28.7 Å². The third-order valence-corrected chi connectivity index (χ3v) is 5.40. The van der Waals surface area contributed by atoms with Crippen LogP contribution in [0.3, 0.4) is 0 Å². The molecular weight excluding hydrogens is 497 g/mol. The second-order valence-electron chi connectivity index (χ2n) is 7.47. The summed E-state index contributed by atoms with van der Waals surface area (Å²) in [6.07, 6.45) is 5.40. The van der Waals surface area contributed by atoms with Gasteiger partial charge in [-0.25, -0.2) is 22.5 Å². The number of pyridine rings is 1. The van der Waals surface area contributed by atoms with Gasteiger partial charge in [0.05, 0.1) is 23.7 Å². The largest absolute Gasteiger partial charge is 0.485 e. The maximum absolute atomic E-state index is 13.1. The van der Waals surface area contributed by atoms with Crippen LogP contribution in [0.25, 0.3) is 5.82 Å². The molecule has 0 saturated heterocycles. The van der Waals surface area contributed by atoms with Crippen LogP contribution < -0.4 is 14.8 Å². The van der Waals surface area contributed by atoms with Crippen molar-refractivity contribution in [2.45, 2.75) is 6.61 Å². The number of amides is 1. The number of halogens is 2. The van der Waals surface area contributed by atoms with Crippen molar-refractivity contribution < 1.29 is 22.3 Å². The van der Waals surface area contributed by atoms with Crippen molar-refractivity contribution in [3.8, 4) is 11.6 Å². The third-order valence-electron chi connectivity index (χ3n) is 4.58. The SMILES string of the molecule is CS(=O)(=O)Nc1cc(Cl)cc(NC(=O)c2cnn(-c3ncccc3OCc3ccc(F)cc3)c2)c1. The molecule has 4 aromatic rings. The van der Waals surface area contributed by atoms with Gasteiger partial charge in [-0.3, -0.25) is 9.52 Å². The van der Waals surface area contributed by atoms with Gasteiger partial charge in [-0.1, -0.05) is 23.7 Å². The summed E-state index contributed by atoms with van der Waals surface area (Å²) in [6, 6.07) is 13.7. The van der Waals surface area contributed by atoms with Crippen LogP contribution in [0.15, 0.2) is 73.2 Å². The maximum atomic E-state index is 13.1. The molecule has 9 nitrogen and oxygen atoms in total. The Labute approximate surface area is 205 Å². The third kappa shape index (κ3) is 6.55. The smallest absolute Gasteiger partial charge is 0.258 e. The van der Waals surface area contributed by atoms with E-state index < -0.39 is 15.9 Å². The monoisotopic (exact) mass is 515 g/mol. The minimum absolute atomic E-state index is 0.187. The van der Waals surface area contributed by atoms with Gasteiger partial charge in [0.2, 0.25) is 10.0 Å². The molecular formula is C23H19ClFN5O4S. The number of anilines is 2. The fourth-order valence-electron chi connectivity index (χ4n) is 3.10. The van der Waals surface area contributed by atoms with Gasteiger partial charge >= 0.3 is 0 Å². The van der Waals surface area contributed by atoms with Crippen molar-refractivity contribution >= 4 is 38.9 Å². The number of ether oxygens (including phenoxy) is 1. The molecule has 0 aliphatic heterocycles. The number of sulfonamides is 1. The highest BCUT2D eigenvalue weighted by molar-refractivity contribution is 7.92. The predicted octanol–water partition coefficient (Wildman–Crippen LogP) is 4.26. The van der Waals surface area contributed by atoms with E-state index in [0.717, 1.165) is 11.8 Å². The first-order chi connectivity index (χ1) is 16.7. The number of aromatic nitrogens is 3. The van der Waals surface area contributed by atoms with E-state index in [1.54, 1.807) is 30.5 Å². The van der Waals surface area contributed by atoms with Crippen LogP contribution in [0.4, 0.5) is 15.8 Å². The number of hydrogen-bond donors (Lipinski definition) is 2. The van der Waals surface area contributed by atoms with Crippen LogP contribution in [0.1, 0.15) is 15.9 Å². The first-order valence-corrected chi connectivity index (χ1v) is 12.4. The fraction of sp³-hybridized carbons (Fsp3) is 0.0870. The fourth-order valence-corrected chi connectivity index (χ4v) is 3.88. The molecule has 0 radical (unpaired) electrons. The van der Waals surface area contributed by atoms with Crippen LogP contribution >= 0.6 is 11.6 Å². The van der Waals surface area contributed by atoms with Gasteiger partial charge in [0.1, 0.15) is 12.4 Å². The molecule has 4 rings (SSSR count). The highest BCUT2D eigenvalue weighted by Gasteiger charge is 2.15. The quantitative estimate of drug-likeness (QED) is 0.362. The van der Waals surface area contributed by atoms with Crippen molar-refractivity contribution in [3.05, 3.63) is 95.2 Å². The van der Waals surface area contributed by atoms with Gasteiger partial charge in [-0.15, -0.1) is 0 Å². The van der Waals surface area contributed by atoms with Crippen LogP contribution in [-0.4, -0.2) is 35.3 Å². The Kier molecular flexibility index (Phi) is 6.99. The van der Waals surface area contributed by atoms with Crippen molar-refractivity contribution in [3.63, 3.8) is 0 Å². The van der Waals surface area contributed by atoms with Gasteiger partial charge in [0.25, 0.3) is 5.91 Å². The molecule has 0 spiro atoms. The standard InChI is InChI=1S/C23H19ClFN5O4S/c1-35(32,33)29-20-10-17(24)9-19(11-20)28-23(31)16-12-27-30(13-16)22-21(3-2-8-26-22)34-14-15-4-6-18(25)7-5-15/h2-13,29H,14H2,1H3,(H,28,31). The van der Waals surface area contributed by atoms with E-state index in [2.05, 4.69) is 20.1 Å². The van der Waals surface area contributed by atoms with E-state index in [4.69, 9.17) is 16.3 Å². The summed E-state index contributed by atoms with van der Waals surface area (Å²) >= 11 is 6.05. The molecule has 0 atom stereocenters. The highest BCUT2D eigenvalue weighted by atomic mass is 35.5. The lowest BCUT2D eigenvalue weighted by atomic mass is 10.2. The number of carbonyl (C=O) groups excluding carboxylic acids is 1. The Morgan fingerprint density at radius 3 is 2.63 bits per heavy atom. The van der Waals surface area contributed by atoms with E-state index >= 15 is 0 Å². The Morgan fingerprint density at radius 2 is 1.89 bits per heavy atom. The summed E-state index contributed by atoms with van der Waals surface area (Å²) in [5, 5.41) is 7.11. The molecule has 0 unspecified atom stereocenters. The molecule has 2 heterocycles. The number of nitrogens with zero attached hydrogens (tertiary/aromatic N) is 3. The molecule has 2 N–H and O–H groups in total. The average molecular weight is 516 g/mol. The average Bonchev–Trinajstić information content (AvgIpc) is 3.28. The van der Waals surface area contributed by atoms with Crippen molar-refractivity contribution in [2.24, 2.45) is 0 Å². The Balaban J connectivity index is 1.50. The molecule has 1 amide bonds. The van der Waals surface area contributed by atoms with Crippen LogP contribution in [0.5, 0.6) is 5.75 Å². The lowest BCUT2D eigenvalue weighted by Gasteiger charge is -2.10. The van der Waals surface area contributed by atoms with E-state index in [9.17, 15) is 17.6 Å². The predicted molar refractivity (Wildman–Crippen MR) is 130 cm³/mol. The second-order valence-corrected chi connectivity index (χ2v) is 9.66. The lowest BCUT2D eigenvalue weighted by Crippen LogP contribution is -2.13. The molecule has 2 aromatic heterocycles. The number of benzene rings is 2. The topological polar surface area (TPSA) is 115 Å². The van der Waals surface area contributed by atoms with Crippen LogP contribution in [0, 0.1) is 5.82 Å². The molecule has 0 fully saturated rings. The van der Waals surface area contributed by atoms with Crippen molar-refractivity contribution in [1.29, 1.82) is 0 Å². The summed E-state index contributed by atoms with van der Waals surface area (Å²) in [5.41, 5.74) is 1.50. The number of hydrogen-bond acceptors (Lipinski definition) is 6.